The lowest BCUT2D eigenvalue weighted by atomic mass is 10.2. The highest BCUT2D eigenvalue weighted by Crippen LogP contribution is 2.40. The Hall–Kier alpha value is -2.97. The largest absolute Gasteiger partial charge is 0.495 e. The molecule has 0 aliphatic carbocycles. The molecule has 0 unspecified atom stereocenters. The number of aromatic nitrogens is 1. The molecule has 0 bridgehead atoms. The number of thiazole rings is 1. The second kappa shape index (κ2) is 8.81. The van der Waals surface area contributed by atoms with Crippen LogP contribution in [-0.4, -0.2) is 31.4 Å². The number of carbonyl (C=O) groups excluding carboxylic acids is 1. The minimum absolute atomic E-state index is 0.156. The van der Waals surface area contributed by atoms with Crippen molar-refractivity contribution in [2.75, 3.05) is 25.4 Å². The van der Waals surface area contributed by atoms with E-state index in [0.29, 0.717) is 33.5 Å². The van der Waals surface area contributed by atoms with Crippen LogP contribution in [0.3, 0.4) is 0 Å². The highest BCUT2D eigenvalue weighted by Gasteiger charge is 2.24. The van der Waals surface area contributed by atoms with Crippen LogP contribution in [0.5, 0.6) is 11.5 Å². The van der Waals surface area contributed by atoms with Gasteiger partial charge in [-0.3, -0.25) is 9.69 Å². The van der Waals surface area contributed by atoms with Crippen LogP contribution in [-0.2, 0) is 6.54 Å². The molecular weight excluding hydrogens is 420 g/mol. The average molecular weight is 441 g/mol. The van der Waals surface area contributed by atoms with Crippen molar-refractivity contribution >= 4 is 44.4 Å². The van der Waals surface area contributed by atoms with Crippen molar-refractivity contribution in [1.82, 2.24) is 4.98 Å². The van der Waals surface area contributed by atoms with E-state index >= 15 is 0 Å². The second-order valence-electron chi connectivity index (χ2n) is 6.34. The molecule has 8 heteroatoms. The van der Waals surface area contributed by atoms with Gasteiger partial charge in [-0.2, -0.15) is 0 Å². The van der Waals surface area contributed by atoms with Crippen LogP contribution < -0.4 is 14.4 Å². The summed E-state index contributed by atoms with van der Waals surface area (Å²) >= 11 is 3.01. The van der Waals surface area contributed by atoms with Crippen molar-refractivity contribution in [3.8, 4) is 11.5 Å². The Kier molecular flexibility index (Phi) is 5.96. The van der Waals surface area contributed by atoms with E-state index in [1.54, 1.807) is 43.2 Å². The highest BCUT2D eigenvalue weighted by atomic mass is 32.2. The SMILES string of the molecule is COc1ccc(OC)c2sc(N(Cc3ccco3)C(=O)c3ccc(SC)cc3)nc12. The maximum Gasteiger partial charge on any atom is 0.260 e. The summed E-state index contributed by atoms with van der Waals surface area (Å²) in [5.74, 6) is 1.82. The van der Waals surface area contributed by atoms with E-state index in [1.165, 1.54) is 11.3 Å². The van der Waals surface area contributed by atoms with Crippen LogP contribution in [0.1, 0.15) is 16.1 Å². The Morgan fingerprint density at radius 1 is 1.10 bits per heavy atom. The quantitative estimate of drug-likeness (QED) is 0.355. The van der Waals surface area contributed by atoms with Crippen LogP contribution >= 0.6 is 23.1 Å². The van der Waals surface area contributed by atoms with Crippen molar-refractivity contribution in [3.63, 3.8) is 0 Å². The maximum absolute atomic E-state index is 13.4. The van der Waals surface area contributed by atoms with Crippen molar-refractivity contribution in [2.24, 2.45) is 0 Å². The van der Waals surface area contributed by atoms with Gasteiger partial charge in [0, 0.05) is 10.5 Å². The summed E-state index contributed by atoms with van der Waals surface area (Å²) in [6, 6.07) is 14.8. The van der Waals surface area contributed by atoms with Gasteiger partial charge >= 0.3 is 0 Å². The van der Waals surface area contributed by atoms with Gasteiger partial charge in [0.15, 0.2) is 5.13 Å². The number of thioether (sulfide) groups is 1. The van der Waals surface area contributed by atoms with E-state index in [4.69, 9.17) is 18.9 Å². The lowest BCUT2D eigenvalue weighted by molar-refractivity contribution is 0.0983. The third-order valence-electron chi connectivity index (χ3n) is 4.61. The monoisotopic (exact) mass is 440 g/mol. The van der Waals surface area contributed by atoms with Crippen molar-refractivity contribution in [3.05, 3.63) is 66.1 Å². The number of methoxy groups -OCH3 is 2. The molecule has 0 spiro atoms. The van der Waals surface area contributed by atoms with Crippen molar-refractivity contribution < 1.29 is 18.7 Å². The minimum atomic E-state index is -0.156. The van der Waals surface area contributed by atoms with E-state index in [0.717, 1.165) is 9.60 Å². The van der Waals surface area contributed by atoms with Crippen LogP contribution in [0.25, 0.3) is 10.2 Å². The fourth-order valence-corrected chi connectivity index (χ4v) is 4.54. The summed E-state index contributed by atoms with van der Waals surface area (Å²) in [6.45, 7) is 0.264. The van der Waals surface area contributed by atoms with Gasteiger partial charge in [0.05, 0.1) is 27.0 Å². The molecule has 0 atom stereocenters. The van der Waals surface area contributed by atoms with Gasteiger partial charge in [-0.1, -0.05) is 11.3 Å². The number of amides is 1. The van der Waals surface area contributed by atoms with E-state index < -0.39 is 0 Å². The Labute approximate surface area is 182 Å². The van der Waals surface area contributed by atoms with Gasteiger partial charge in [0.1, 0.15) is 27.5 Å². The molecule has 0 aliphatic heterocycles. The number of nitrogens with zero attached hydrogens (tertiary/aromatic N) is 2. The van der Waals surface area contributed by atoms with Crippen LogP contribution in [0, 0.1) is 0 Å². The molecule has 0 fully saturated rings. The molecule has 2 aromatic carbocycles. The molecule has 1 amide bonds. The smallest absolute Gasteiger partial charge is 0.260 e. The molecule has 4 aromatic rings. The molecular formula is C22H20N2O4S2. The van der Waals surface area contributed by atoms with E-state index in [-0.39, 0.29) is 12.5 Å². The minimum Gasteiger partial charge on any atom is -0.495 e. The number of hydrogen-bond acceptors (Lipinski definition) is 7. The van der Waals surface area contributed by atoms with Gasteiger partial charge < -0.3 is 13.9 Å². The lowest BCUT2D eigenvalue weighted by Gasteiger charge is -2.19. The first-order valence-corrected chi connectivity index (χ1v) is 11.2. The zero-order valence-electron chi connectivity index (χ0n) is 16.7. The molecule has 2 aromatic heterocycles. The number of fused-ring (bicyclic) bond motifs is 1. The van der Waals surface area contributed by atoms with Gasteiger partial charge in [-0.05, 0) is 54.8 Å². The Morgan fingerprint density at radius 2 is 1.83 bits per heavy atom. The third-order valence-corrected chi connectivity index (χ3v) is 6.44. The zero-order chi connectivity index (χ0) is 21.1. The summed E-state index contributed by atoms with van der Waals surface area (Å²) in [4.78, 5) is 20.9. The number of rotatable bonds is 7. The van der Waals surface area contributed by atoms with Crippen LogP contribution in [0.15, 0.2) is 64.1 Å². The summed E-state index contributed by atoms with van der Waals surface area (Å²) in [7, 11) is 3.21. The normalized spacial score (nSPS) is 10.9. The molecule has 0 radical (unpaired) electrons. The first kappa shape index (κ1) is 20.3. The van der Waals surface area contributed by atoms with Crippen LogP contribution in [0.2, 0.25) is 0 Å². The fourth-order valence-electron chi connectivity index (χ4n) is 3.06. The van der Waals surface area contributed by atoms with Crippen molar-refractivity contribution in [2.45, 2.75) is 11.4 Å². The molecule has 6 nitrogen and oxygen atoms in total. The lowest BCUT2D eigenvalue weighted by Crippen LogP contribution is -2.30. The Morgan fingerprint density at radius 3 is 2.47 bits per heavy atom. The summed E-state index contributed by atoms with van der Waals surface area (Å²) in [5.41, 5.74) is 1.24. The molecule has 4 rings (SSSR count). The molecule has 0 saturated heterocycles. The summed E-state index contributed by atoms with van der Waals surface area (Å²) < 4.78 is 17.3. The predicted octanol–water partition coefficient (Wildman–Crippen LogP) is 5.48. The number of benzene rings is 2. The second-order valence-corrected chi connectivity index (χ2v) is 8.20. The molecule has 30 heavy (non-hydrogen) atoms. The standard InChI is InChI=1S/C22H20N2O4S2/c1-26-17-10-11-18(27-2)20-19(17)23-22(30-20)24(13-15-5-4-12-28-15)21(25)14-6-8-16(29-3)9-7-14/h4-12H,13H2,1-3H3. The van der Waals surface area contributed by atoms with E-state index in [9.17, 15) is 4.79 Å². The van der Waals surface area contributed by atoms with Gasteiger partial charge in [-0.25, -0.2) is 4.98 Å². The number of carbonyl (C=O) groups is 1. The Bertz CT molecular complexity index is 1110. The number of anilines is 1. The first-order chi connectivity index (χ1) is 14.6. The van der Waals surface area contributed by atoms with E-state index in [2.05, 4.69) is 0 Å². The van der Waals surface area contributed by atoms with Crippen LogP contribution in [0.4, 0.5) is 5.13 Å². The number of ether oxygens (including phenoxy) is 2. The first-order valence-electron chi connectivity index (χ1n) is 9.14. The van der Waals surface area contributed by atoms with Gasteiger partial charge in [0.25, 0.3) is 5.91 Å². The summed E-state index contributed by atoms with van der Waals surface area (Å²) in [5, 5.41) is 0.545. The summed E-state index contributed by atoms with van der Waals surface area (Å²) in [6.07, 6.45) is 3.59. The van der Waals surface area contributed by atoms with Crippen molar-refractivity contribution in [1.29, 1.82) is 0 Å². The topological polar surface area (TPSA) is 64.8 Å². The molecule has 2 heterocycles. The molecule has 0 aliphatic rings. The average Bonchev–Trinajstić information content (AvgIpc) is 3.46. The fraction of sp³-hybridized carbons (Fsp3) is 0.182. The molecule has 0 saturated carbocycles. The maximum atomic E-state index is 13.4. The third kappa shape index (κ3) is 3.88. The number of furan rings is 1. The Balaban J connectivity index is 1.80. The zero-order valence-corrected chi connectivity index (χ0v) is 18.4. The van der Waals surface area contributed by atoms with Gasteiger partial charge in [0.2, 0.25) is 0 Å². The predicted molar refractivity (Wildman–Crippen MR) is 120 cm³/mol. The van der Waals surface area contributed by atoms with E-state index in [1.807, 2.05) is 48.7 Å². The molecule has 0 N–H and O–H groups in total. The highest BCUT2D eigenvalue weighted by molar-refractivity contribution is 7.98. The van der Waals surface area contributed by atoms with Gasteiger partial charge in [-0.15, -0.1) is 11.8 Å². The number of hydrogen-bond donors (Lipinski definition) is 0. The molecule has 154 valence electrons.